The summed E-state index contributed by atoms with van der Waals surface area (Å²) in [7, 11) is 0. The SMILES string of the molecule is CSC1CCC(NCc2nc(-c3ccccc3)cs2)CC1. The zero-order valence-electron chi connectivity index (χ0n) is 12.4. The Morgan fingerprint density at radius 3 is 2.67 bits per heavy atom. The van der Waals surface area contributed by atoms with Gasteiger partial charge < -0.3 is 5.32 Å². The molecule has 0 bridgehead atoms. The van der Waals surface area contributed by atoms with Gasteiger partial charge in [-0.05, 0) is 31.9 Å². The lowest BCUT2D eigenvalue weighted by Crippen LogP contribution is -2.33. The van der Waals surface area contributed by atoms with Crippen LogP contribution in [0.2, 0.25) is 0 Å². The van der Waals surface area contributed by atoms with E-state index in [1.807, 2.05) is 17.8 Å². The largest absolute Gasteiger partial charge is 0.308 e. The maximum absolute atomic E-state index is 4.75. The van der Waals surface area contributed by atoms with Crippen molar-refractivity contribution in [3.05, 3.63) is 40.7 Å². The predicted molar refractivity (Wildman–Crippen MR) is 93.9 cm³/mol. The van der Waals surface area contributed by atoms with Crippen LogP contribution in [0.3, 0.4) is 0 Å². The molecule has 4 heteroatoms. The monoisotopic (exact) mass is 318 g/mol. The van der Waals surface area contributed by atoms with E-state index >= 15 is 0 Å². The molecule has 0 atom stereocenters. The number of hydrogen-bond donors (Lipinski definition) is 1. The Morgan fingerprint density at radius 1 is 1.19 bits per heavy atom. The maximum Gasteiger partial charge on any atom is 0.107 e. The van der Waals surface area contributed by atoms with Gasteiger partial charge in [-0.3, -0.25) is 0 Å². The van der Waals surface area contributed by atoms with Crippen LogP contribution in [0.4, 0.5) is 0 Å². The highest BCUT2D eigenvalue weighted by Crippen LogP contribution is 2.27. The van der Waals surface area contributed by atoms with Crippen molar-refractivity contribution in [3.63, 3.8) is 0 Å². The van der Waals surface area contributed by atoms with E-state index in [9.17, 15) is 0 Å². The van der Waals surface area contributed by atoms with Crippen LogP contribution >= 0.6 is 23.1 Å². The number of hydrogen-bond acceptors (Lipinski definition) is 4. The normalized spacial score (nSPS) is 22.3. The Labute approximate surface area is 135 Å². The van der Waals surface area contributed by atoms with Crippen molar-refractivity contribution >= 4 is 23.1 Å². The first-order valence-corrected chi connectivity index (χ1v) is 9.78. The van der Waals surface area contributed by atoms with Crippen molar-refractivity contribution in [2.24, 2.45) is 0 Å². The van der Waals surface area contributed by atoms with Crippen LogP contribution in [-0.2, 0) is 6.54 Å². The van der Waals surface area contributed by atoms with Gasteiger partial charge >= 0.3 is 0 Å². The summed E-state index contributed by atoms with van der Waals surface area (Å²) in [5.41, 5.74) is 2.31. The third-order valence-corrected chi connectivity index (χ3v) is 6.16. The molecule has 1 aromatic heterocycles. The summed E-state index contributed by atoms with van der Waals surface area (Å²) >= 11 is 3.79. The van der Waals surface area contributed by atoms with Gasteiger partial charge in [0.05, 0.1) is 5.69 Å². The molecule has 0 spiro atoms. The molecular formula is C17H22N2S2. The van der Waals surface area contributed by atoms with Crippen molar-refractivity contribution in [3.8, 4) is 11.3 Å². The zero-order chi connectivity index (χ0) is 14.5. The Hall–Kier alpha value is -0.840. The van der Waals surface area contributed by atoms with E-state index in [1.54, 1.807) is 11.3 Å². The van der Waals surface area contributed by atoms with Crippen molar-refractivity contribution in [1.82, 2.24) is 10.3 Å². The molecule has 1 aliphatic rings. The molecule has 0 amide bonds. The van der Waals surface area contributed by atoms with Gasteiger partial charge in [0, 0.05) is 28.8 Å². The first-order chi connectivity index (χ1) is 10.3. The fourth-order valence-electron chi connectivity index (χ4n) is 2.87. The van der Waals surface area contributed by atoms with Crippen molar-refractivity contribution in [2.75, 3.05) is 6.26 Å². The van der Waals surface area contributed by atoms with Gasteiger partial charge in [0.2, 0.25) is 0 Å². The van der Waals surface area contributed by atoms with E-state index in [0.717, 1.165) is 17.5 Å². The molecule has 1 N–H and O–H groups in total. The molecule has 0 radical (unpaired) electrons. The lowest BCUT2D eigenvalue weighted by molar-refractivity contribution is 0.378. The number of aromatic nitrogens is 1. The lowest BCUT2D eigenvalue weighted by atomic mass is 9.95. The molecular weight excluding hydrogens is 296 g/mol. The Balaban J connectivity index is 1.52. The maximum atomic E-state index is 4.75. The molecule has 2 aromatic rings. The molecule has 3 rings (SSSR count). The second-order valence-electron chi connectivity index (χ2n) is 5.58. The first-order valence-electron chi connectivity index (χ1n) is 7.61. The quantitative estimate of drug-likeness (QED) is 0.874. The molecule has 1 saturated carbocycles. The predicted octanol–water partition coefficient (Wildman–Crippen LogP) is 4.57. The highest BCUT2D eigenvalue weighted by molar-refractivity contribution is 7.99. The average Bonchev–Trinajstić information content (AvgIpc) is 3.03. The number of nitrogens with one attached hydrogen (secondary N) is 1. The third kappa shape index (κ3) is 4.09. The summed E-state index contributed by atoms with van der Waals surface area (Å²) in [6, 6.07) is 11.1. The minimum Gasteiger partial charge on any atom is -0.308 e. The van der Waals surface area contributed by atoms with E-state index in [4.69, 9.17) is 4.98 Å². The number of thioether (sulfide) groups is 1. The molecule has 1 heterocycles. The average molecular weight is 319 g/mol. The molecule has 0 aliphatic heterocycles. The van der Waals surface area contributed by atoms with Crippen LogP contribution in [0, 0.1) is 0 Å². The van der Waals surface area contributed by atoms with Crippen LogP contribution < -0.4 is 5.32 Å². The Bertz CT molecular complexity index is 545. The van der Waals surface area contributed by atoms with Crippen molar-refractivity contribution in [2.45, 2.75) is 43.5 Å². The second-order valence-corrected chi connectivity index (χ2v) is 7.66. The zero-order valence-corrected chi connectivity index (χ0v) is 14.1. The summed E-state index contributed by atoms with van der Waals surface area (Å²) in [6.45, 7) is 0.909. The second kappa shape index (κ2) is 7.43. The molecule has 21 heavy (non-hydrogen) atoms. The van der Waals surface area contributed by atoms with Gasteiger partial charge in [-0.1, -0.05) is 30.3 Å². The van der Waals surface area contributed by atoms with Gasteiger partial charge in [0.1, 0.15) is 5.01 Å². The third-order valence-electron chi connectivity index (χ3n) is 4.17. The molecule has 1 fully saturated rings. The number of benzene rings is 1. The number of nitrogens with zero attached hydrogens (tertiary/aromatic N) is 1. The van der Waals surface area contributed by atoms with Gasteiger partial charge in [-0.25, -0.2) is 4.98 Å². The molecule has 0 unspecified atom stereocenters. The summed E-state index contributed by atoms with van der Waals surface area (Å²) in [5.74, 6) is 0. The van der Waals surface area contributed by atoms with Crippen LogP contribution in [0.1, 0.15) is 30.7 Å². The fourth-order valence-corrected chi connectivity index (χ4v) is 4.37. The molecule has 1 aliphatic carbocycles. The van der Waals surface area contributed by atoms with Crippen LogP contribution in [-0.4, -0.2) is 22.5 Å². The van der Waals surface area contributed by atoms with Gasteiger partial charge in [0.15, 0.2) is 0 Å². The highest BCUT2D eigenvalue weighted by atomic mass is 32.2. The van der Waals surface area contributed by atoms with E-state index in [0.29, 0.717) is 6.04 Å². The topological polar surface area (TPSA) is 24.9 Å². The summed E-state index contributed by atoms with van der Waals surface area (Å²) < 4.78 is 0. The smallest absolute Gasteiger partial charge is 0.107 e. The minimum absolute atomic E-state index is 0.678. The number of thiazole rings is 1. The van der Waals surface area contributed by atoms with E-state index in [-0.39, 0.29) is 0 Å². The van der Waals surface area contributed by atoms with Crippen molar-refractivity contribution in [1.29, 1.82) is 0 Å². The van der Waals surface area contributed by atoms with E-state index in [2.05, 4.69) is 41.2 Å². The summed E-state index contributed by atoms with van der Waals surface area (Å²) in [6.07, 6.45) is 7.56. The molecule has 2 nitrogen and oxygen atoms in total. The van der Waals surface area contributed by atoms with E-state index < -0.39 is 0 Å². The molecule has 112 valence electrons. The van der Waals surface area contributed by atoms with Crippen LogP contribution in [0.25, 0.3) is 11.3 Å². The number of rotatable bonds is 5. The van der Waals surface area contributed by atoms with Gasteiger partial charge in [-0.15, -0.1) is 11.3 Å². The van der Waals surface area contributed by atoms with Crippen LogP contribution in [0.15, 0.2) is 35.7 Å². The van der Waals surface area contributed by atoms with E-state index in [1.165, 1.54) is 36.3 Å². The van der Waals surface area contributed by atoms with Crippen LogP contribution in [0.5, 0.6) is 0 Å². The highest BCUT2D eigenvalue weighted by Gasteiger charge is 2.20. The summed E-state index contributed by atoms with van der Waals surface area (Å²) in [5, 5.41) is 7.93. The Kier molecular flexibility index (Phi) is 5.33. The molecule has 0 saturated heterocycles. The van der Waals surface area contributed by atoms with Gasteiger partial charge in [-0.2, -0.15) is 11.8 Å². The molecule has 1 aromatic carbocycles. The van der Waals surface area contributed by atoms with Crippen molar-refractivity contribution < 1.29 is 0 Å². The first kappa shape index (κ1) is 15.1. The minimum atomic E-state index is 0.678. The standard InChI is InChI=1S/C17H22N2S2/c1-20-15-9-7-14(8-10-15)18-11-17-19-16(12-21-17)13-5-3-2-4-6-13/h2-6,12,14-15,18H,7-11H2,1H3. The lowest BCUT2D eigenvalue weighted by Gasteiger charge is -2.27. The fraction of sp³-hybridized carbons (Fsp3) is 0.471. The van der Waals surface area contributed by atoms with Gasteiger partial charge in [0.25, 0.3) is 0 Å². The summed E-state index contributed by atoms with van der Waals surface area (Å²) in [4.78, 5) is 4.75. The Morgan fingerprint density at radius 2 is 1.95 bits per heavy atom.